The minimum atomic E-state index is -0.769. The molecule has 0 unspecified atom stereocenters. The van der Waals surface area contributed by atoms with E-state index >= 15 is 0 Å². The van der Waals surface area contributed by atoms with E-state index in [1.54, 1.807) is 6.20 Å². The summed E-state index contributed by atoms with van der Waals surface area (Å²) >= 11 is 1.35. The zero-order valence-electron chi connectivity index (χ0n) is 8.72. The zero-order chi connectivity index (χ0) is 12.4. The van der Waals surface area contributed by atoms with Crippen LogP contribution in [0.1, 0.15) is 10.4 Å². The van der Waals surface area contributed by atoms with Crippen molar-refractivity contribution in [3.05, 3.63) is 37.5 Å². The van der Waals surface area contributed by atoms with Crippen molar-refractivity contribution in [1.82, 2.24) is 15.0 Å². The second kappa shape index (κ2) is 4.34. The first kappa shape index (κ1) is 11.3. The number of aliphatic imine (C=N–C) groups is 1. The van der Waals surface area contributed by atoms with E-state index in [2.05, 4.69) is 15.0 Å². The average molecular weight is 252 g/mol. The standard InChI is InChI=1S/C9H8N4O3S/c1-4-2-10-9(17-4)11-3-5-6(14)12-8(16)13-7(5)15/h2-3H,1H3,(H3,12,13,14,15,16)/b11-3+. The molecule has 0 radical (unpaired) electrons. The second-order valence-corrected chi connectivity index (χ2v) is 4.40. The predicted octanol–water partition coefficient (Wildman–Crippen LogP) is 0.284. The SMILES string of the molecule is Cc1cnc(/N=C/c2c(O)[nH]c(=O)[nH]c2=O)s1. The molecule has 88 valence electrons. The molecule has 0 aromatic carbocycles. The molecule has 7 nitrogen and oxygen atoms in total. The van der Waals surface area contributed by atoms with Crippen molar-refractivity contribution in [3.8, 4) is 5.88 Å². The highest BCUT2D eigenvalue weighted by atomic mass is 32.1. The molecule has 0 aliphatic rings. The van der Waals surface area contributed by atoms with Gasteiger partial charge in [-0.15, -0.1) is 11.3 Å². The maximum Gasteiger partial charge on any atom is 0.328 e. The maximum atomic E-state index is 11.3. The first-order chi connectivity index (χ1) is 8.06. The summed E-state index contributed by atoms with van der Waals surface area (Å²) in [4.78, 5) is 35.1. The molecule has 0 aliphatic carbocycles. The molecular formula is C9H8N4O3S. The van der Waals surface area contributed by atoms with Crippen LogP contribution < -0.4 is 11.2 Å². The summed E-state index contributed by atoms with van der Waals surface area (Å²) in [6.45, 7) is 1.88. The van der Waals surface area contributed by atoms with E-state index < -0.39 is 17.1 Å². The summed E-state index contributed by atoms with van der Waals surface area (Å²) in [5.74, 6) is -0.518. The van der Waals surface area contributed by atoms with E-state index in [0.29, 0.717) is 5.13 Å². The van der Waals surface area contributed by atoms with Crippen LogP contribution in [0.15, 0.2) is 20.8 Å². The van der Waals surface area contributed by atoms with E-state index in [0.717, 1.165) is 11.1 Å². The van der Waals surface area contributed by atoms with Gasteiger partial charge in [-0.25, -0.2) is 14.8 Å². The van der Waals surface area contributed by atoms with Crippen LogP contribution in [-0.4, -0.2) is 26.3 Å². The van der Waals surface area contributed by atoms with Gasteiger partial charge in [0, 0.05) is 17.3 Å². The molecule has 0 bridgehead atoms. The Balaban J connectivity index is 2.40. The Kier molecular flexibility index (Phi) is 2.88. The number of aromatic nitrogens is 3. The highest BCUT2D eigenvalue weighted by Crippen LogP contribution is 2.19. The third-order valence-corrected chi connectivity index (χ3v) is 2.69. The summed E-state index contributed by atoms with van der Waals surface area (Å²) < 4.78 is 0. The summed E-state index contributed by atoms with van der Waals surface area (Å²) in [5.41, 5.74) is -1.59. The van der Waals surface area contributed by atoms with Gasteiger partial charge < -0.3 is 5.11 Å². The van der Waals surface area contributed by atoms with Crippen LogP contribution in [0.25, 0.3) is 0 Å². The summed E-state index contributed by atoms with van der Waals surface area (Å²) in [5, 5.41) is 9.84. The van der Waals surface area contributed by atoms with Crippen LogP contribution >= 0.6 is 11.3 Å². The van der Waals surface area contributed by atoms with Crippen LogP contribution in [0.3, 0.4) is 0 Å². The van der Waals surface area contributed by atoms with Crippen LogP contribution in [0.4, 0.5) is 5.13 Å². The molecule has 0 saturated carbocycles. The molecule has 0 fully saturated rings. The number of nitrogens with zero attached hydrogens (tertiary/aromatic N) is 2. The number of H-pyrrole nitrogens is 2. The Morgan fingerprint density at radius 2 is 2.24 bits per heavy atom. The summed E-state index contributed by atoms with van der Waals surface area (Å²) in [6, 6.07) is 0. The number of nitrogens with one attached hydrogen (secondary N) is 2. The first-order valence-electron chi connectivity index (χ1n) is 4.58. The summed E-state index contributed by atoms with van der Waals surface area (Å²) in [7, 11) is 0. The van der Waals surface area contributed by atoms with Crippen molar-refractivity contribution < 1.29 is 5.11 Å². The molecule has 2 heterocycles. The average Bonchev–Trinajstić information content (AvgIpc) is 2.62. The molecule has 0 saturated heterocycles. The van der Waals surface area contributed by atoms with Crippen LogP contribution in [0, 0.1) is 6.92 Å². The fourth-order valence-electron chi connectivity index (χ4n) is 1.13. The van der Waals surface area contributed by atoms with E-state index in [-0.39, 0.29) is 5.56 Å². The van der Waals surface area contributed by atoms with Gasteiger partial charge in [-0.05, 0) is 6.92 Å². The lowest BCUT2D eigenvalue weighted by Gasteiger charge is -1.94. The van der Waals surface area contributed by atoms with Crippen LogP contribution in [0.2, 0.25) is 0 Å². The minimum Gasteiger partial charge on any atom is -0.494 e. The third kappa shape index (κ3) is 2.48. The third-order valence-electron chi connectivity index (χ3n) is 1.87. The zero-order valence-corrected chi connectivity index (χ0v) is 9.54. The molecule has 0 amide bonds. The Hall–Kier alpha value is -2.22. The van der Waals surface area contributed by atoms with Gasteiger partial charge in [-0.1, -0.05) is 0 Å². The molecule has 17 heavy (non-hydrogen) atoms. The van der Waals surface area contributed by atoms with Crippen molar-refractivity contribution >= 4 is 22.7 Å². The fourth-order valence-corrected chi connectivity index (χ4v) is 1.73. The van der Waals surface area contributed by atoms with Crippen molar-refractivity contribution in [3.63, 3.8) is 0 Å². The topological polar surface area (TPSA) is 111 Å². The Bertz CT molecular complexity index is 682. The number of hydrogen-bond acceptors (Lipinski definition) is 6. The van der Waals surface area contributed by atoms with Gasteiger partial charge >= 0.3 is 5.69 Å². The van der Waals surface area contributed by atoms with E-state index in [9.17, 15) is 14.7 Å². The molecule has 0 atom stereocenters. The molecule has 8 heteroatoms. The van der Waals surface area contributed by atoms with E-state index in [1.807, 2.05) is 11.9 Å². The lowest BCUT2D eigenvalue weighted by atomic mass is 10.3. The lowest BCUT2D eigenvalue weighted by Crippen LogP contribution is -2.24. The van der Waals surface area contributed by atoms with Crippen molar-refractivity contribution in [1.29, 1.82) is 0 Å². The second-order valence-electron chi connectivity index (χ2n) is 3.18. The van der Waals surface area contributed by atoms with Crippen LogP contribution in [0.5, 0.6) is 5.88 Å². The first-order valence-corrected chi connectivity index (χ1v) is 5.40. The number of hydrogen-bond donors (Lipinski definition) is 3. The van der Waals surface area contributed by atoms with Crippen LogP contribution in [-0.2, 0) is 0 Å². The summed E-state index contributed by atoms with van der Waals surface area (Å²) in [6.07, 6.45) is 2.80. The Morgan fingerprint density at radius 3 is 2.82 bits per heavy atom. The normalized spacial score (nSPS) is 11.1. The number of aromatic amines is 2. The van der Waals surface area contributed by atoms with Gasteiger partial charge in [-0.2, -0.15) is 0 Å². The van der Waals surface area contributed by atoms with Gasteiger partial charge in [0.1, 0.15) is 5.56 Å². The number of rotatable bonds is 2. The molecule has 2 aromatic rings. The number of thiazole rings is 1. The molecule has 0 spiro atoms. The predicted molar refractivity (Wildman–Crippen MR) is 63.5 cm³/mol. The van der Waals surface area contributed by atoms with Gasteiger partial charge in [-0.3, -0.25) is 14.8 Å². The fraction of sp³-hybridized carbons (Fsp3) is 0.111. The molecule has 2 aromatic heterocycles. The highest BCUT2D eigenvalue weighted by Gasteiger charge is 2.05. The van der Waals surface area contributed by atoms with Crippen molar-refractivity contribution in [2.45, 2.75) is 6.92 Å². The molecule has 2 rings (SSSR count). The molecular weight excluding hydrogens is 244 g/mol. The number of aryl methyl sites for hydroxylation is 1. The Labute approximate surface area is 98.5 Å². The maximum absolute atomic E-state index is 11.3. The van der Waals surface area contributed by atoms with Crippen molar-refractivity contribution in [2.75, 3.05) is 0 Å². The van der Waals surface area contributed by atoms with E-state index in [1.165, 1.54) is 11.3 Å². The van der Waals surface area contributed by atoms with Crippen molar-refractivity contribution in [2.24, 2.45) is 4.99 Å². The number of aromatic hydroxyl groups is 1. The highest BCUT2D eigenvalue weighted by molar-refractivity contribution is 7.15. The largest absolute Gasteiger partial charge is 0.494 e. The van der Waals surface area contributed by atoms with E-state index in [4.69, 9.17) is 0 Å². The van der Waals surface area contributed by atoms with Gasteiger partial charge in [0.15, 0.2) is 0 Å². The smallest absolute Gasteiger partial charge is 0.328 e. The van der Waals surface area contributed by atoms with Gasteiger partial charge in [0.05, 0.1) is 0 Å². The molecule has 3 N–H and O–H groups in total. The lowest BCUT2D eigenvalue weighted by molar-refractivity contribution is 0.447. The Morgan fingerprint density at radius 1 is 1.47 bits per heavy atom. The quantitative estimate of drug-likeness (QED) is 0.666. The molecule has 0 aliphatic heterocycles. The van der Waals surface area contributed by atoms with Gasteiger partial charge in [0.25, 0.3) is 5.56 Å². The monoisotopic (exact) mass is 252 g/mol. The van der Waals surface area contributed by atoms with Gasteiger partial charge in [0.2, 0.25) is 11.0 Å². The minimum absolute atomic E-state index is 0.113.